The lowest BCUT2D eigenvalue weighted by atomic mass is 9.95. The molecule has 0 saturated carbocycles. The average Bonchev–Trinajstić information content (AvgIpc) is 3.72. The van der Waals surface area contributed by atoms with Gasteiger partial charge in [0.25, 0.3) is 0 Å². The standard InChI is InChI=1S/C32H35F3N6O/c1-3-22-25(34)9-8-19-6-4-7-23(26(19)22)28-27(35)29-24(16-37-28)30(40(2)21-10-12-36-15-21)39-31(38-29)42-18-32-11-5-13-41(32)17-20(33)14-32/h4,6-9,16,20-21,36H,3,5,10-15,17-18H2,1-2H3/t20-,21-,32+/m1/s1. The Morgan fingerprint density at radius 2 is 2.07 bits per heavy atom. The second kappa shape index (κ2) is 10.6. The summed E-state index contributed by atoms with van der Waals surface area (Å²) in [5.74, 6) is -0.396. The summed E-state index contributed by atoms with van der Waals surface area (Å²) in [6, 6.07) is 8.88. The molecule has 1 N–H and O–H groups in total. The van der Waals surface area contributed by atoms with Crippen molar-refractivity contribution in [3.8, 4) is 17.3 Å². The van der Waals surface area contributed by atoms with Crippen LogP contribution in [0.3, 0.4) is 0 Å². The number of nitrogens with zero attached hydrogens (tertiary/aromatic N) is 5. The summed E-state index contributed by atoms with van der Waals surface area (Å²) in [6.45, 7) is 5.06. The largest absolute Gasteiger partial charge is 0.461 e. The fourth-order valence-corrected chi connectivity index (χ4v) is 7.31. The molecule has 3 atom stereocenters. The lowest BCUT2D eigenvalue weighted by molar-refractivity contribution is 0.107. The van der Waals surface area contributed by atoms with Gasteiger partial charge in [0, 0.05) is 44.4 Å². The average molecular weight is 577 g/mol. The number of rotatable bonds is 7. The lowest BCUT2D eigenvalue weighted by Gasteiger charge is -2.31. The van der Waals surface area contributed by atoms with Gasteiger partial charge in [-0.3, -0.25) is 9.88 Å². The van der Waals surface area contributed by atoms with Gasteiger partial charge in [0.05, 0.1) is 10.9 Å². The summed E-state index contributed by atoms with van der Waals surface area (Å²) in [4.78, 5) is 18.1. The first kappa shape index (κ1) is 27.3. The fourth-order valence-electron chi connectivity index (χ4n) is 7.31. The summed E-state index contributed by atoms with van der Waals surface area (Å²) < 4.78 is 52.1. The van der Waals surface area contributed by atoms with E-state index < -0.39 is 12.0 Å². The van der Waals surface area contributed by atoms with Crippen LogP contribution in [0.15, 0.2) is 36.5 Å². The first-order valence-electron chi connectivity index (χ1n) is 14.9. The van der Waals surface area contributed by atoms with Crippen LogP contribution in [-0.2, 0) is 6.42 Å². The number of nitrogens with one attached hydrogen (secondary N) is 1. The smallest absolute Gasteiger partial charge is 0.319 e. The van der Waals surface area contributed by atoms with E-state index in [0.717, 1.165) is 44.3 Å². The number of alkyl halides is 1. The van der Waals surface area contributed by atoms with Crippen molar-refractivity contribution in [2.45, 2.75) is 56.8 Å². The molecule has 0 aliphatic carbocycles. The molecule has 7 nitrogen and oxygen atoms in total. The first-order valence-corrected chi connectivity index (χ1v) is 14.9. The van der Waals surface area contributed by atoms with E-state index in [0.29, 0.717) is 47.1 Å². The van der Waals surface area contributed by atoms with Gasteiger partial charge in [-0.1, -0.05) is 31.2 Å². The highest BCUT2D eigenvalue weighted by Crippen LogP contribution is 2.41. The number of aromatic nitrogens is 3. The van der Waals surface area contributed by atoms with Crippen molar-refractivity contribution >= 4 is 27.5 Å². The van der Waals surface area contributed by atoms with Gasteiger partial charge < -0.3 is 15.0 Å². The highest BCUT2D eigenvalue weighted by molar-refractivity contribution is 6.00. The van der Waals surface area contributed by atoms with Gasteiger partial charge in [-0.2, -0.15) is 9.97 Å². The van der Waals surface area contributed by atoms with Crippen LogP contribution < -0.4 is 15.0 Å². The Hall–Kier alpha value is -3.50. The normalized spacial score (nSPS) is 24.1. The van der Waals surface area contributed by atoms with Gasteiger partial charge in [0.1, 0.15) is 35.6 Å². The van der Waals surface area contributed by atoms with Crippen molar-refractivity contribution in [1.29, 1.82) is 0 Å². The number of halogens is 3. The zero-order valence-corrected chi connectivity index (χ0v) is 24.0. The molecule has 3 saturated heterocycles. The molecule has 2 aromatic carbocycles. The maximum Gasteiger partial charge on any atom is 0.319 e. The van der Waals surface area contributed by atoms with Crippen LogP contribution in [0.4, 0.5) is 19.0 Å². The van der Waals surface area contributed by atoms with Crippen molar-refractivity contribution < 1.29 is 17.9 Å². The van der Waals surface area contributed by atoms with Crippen LogP contribution in [0.1, 0.15) is 38.2 Å². The van der Waals surface area contributed by atoms with E-state index in [2.05, 4.69) is 20.2 Å². The van der Waals surface area contributed by atoms with Crippen LogP contribution >= 0.6 is 0 Å². The monoisotopic (exact) mass is 576 g/mol. The first-order chi connectivity index (χ1) is 20.4. The van der Waals surface area contributed by atoms with E-state index in [1.165, 1.54) is 6.07 Å². The highest BCUT2D eigenvalue weighted by Gasteiger charge is 2.49. The van der Waals surface area contributed by atoms with Crippen molar-refractivity contribution in [2.75, 3.05) is 44.7 Å². The number of pyridine rings is 1. The number of likely N-dealkylation sites (N-methyl/N-ethyl adjacent to an activating group) is 1. The van der Waals surface area contributed by atoms with Crippen LogP contribution in [0.2, 0.25) is 0 Å². The molecule has 3 aliphatic heterocycles. The van der Waals surface area contributed by atoms with Gasteiger partial charge in [-0.05, 0) is 61.2 Å². The third kappa shape index (κ3) is 4.46. The molecule has 2 aromatic heterocycles. The molecule has 5 heterocycles. The predicted molar refractivity (Wildman–Crippen MR) is 158 cm³/mol. The Kier molecular flexibility index (Phi) is 6.93. The third-order valence-electron chi connectivity index (χ3n) is 9.50. The Morgan fingerprint density at radius 1 is 1.19 bits per heavy atom. The Bertz CT molecular complexity index is 1660. The molecule has 3 aliphatic rings. The summed E-state index contributed by atoms with van der Waals surface area (Å²) in [5, 5.41) is 5.31. The Labute approximate surface area is 243 Å². The van der Waals surface area contributed by atoms with E-state index in [1.807, 2.05) is 31.0 Å². The molecule has 0 bridgehead atoms. The summed E-state index contributed by atoms with van der Waals surface area (Å²) >= 11 is 0. The van der Waals surface area contributed by atoms with E-state index in [1.54, 1.807) is 18.3 Å². The minimum Gasteiger partial charge on any atom is -0.461 e. The number of fused-ring (bicyclic) bond motifs is 3. The van der Waals surface area contributed by atoms with Gasteiger partial charge in [0.2, 0.25) is 0 Å². The summed E-state index contributed by atoms with van der Waals surface area (Å²) in [7, 11) is 1.94. The lowest BCUT2D eigenvalue weighted by Crippen LogP contribution is -2.43. The second-order valence-corrected chi connectivity index (χ2v) is 11.9. The number of hydrogen-bond acceptors (Lipinski definition) is 7. The maximum atomic E-state index is 16.6. The topological polar surface area (TPSA) is 66.4 Å². The maximum absolute atomic E-state index is 16.6. The molecular weight excluding hydrogens is 541 g/mol. The van der Waals surface area contributed by atoms with E-state index in [-0.39, 0.29) is 41.2 Å². The van der Waals surface area contributed by atoms with Crippen molar-refractivity contribution in [1.82, 2.24) is 25.2 Å². The number of hydrogen-bond donors (Lipinski definition) is 1. The summed E-state index contributed by atoms with van der Waals surface area (Å²) in [6.07, 6.45) is 4.36. The van der Waals surface area contributed by atoms with Gasteiger partial charge >= 0.3 is 6.01 Å². The number of ether oxygens (including phenoxy) is 1. The molecule has 3 fully saturated rings. The quantitative estimate of drug-likeness (QED) is 0.314. The highest BCUT2D eigenvalue weighted by atomic mass is 19.1. The minimum atomic E-state index is -0.882. The molecule has 10 heteroatoms. The van der Waals surface area contributed by atoms with Crippen molar-refractivity contribution in [2.24, 2.45) is 0 Å². The zero-order chi connectivity index (χ0) is 29.0. The van der Waals surface area contributed by atoms with E-state index >= 15 is 4.39 Å². The molecular formula is C32H35F3N6O. The van der Waals surface area contributed by atoms with E-state index in [4.69, 9.17) is 9.72 Å². The van der Waals surface area contributed by atoms with Gasteiger partial charge in [0.15, 0.2) is 5.82 Å². The molecule has 0 radical (unpaired) electrons. The molecule has 7 rings (SSSR count). The van der Waals surface area contributed by atoms with Gasteiger partial charge in [-0.25, -0.2) is 13.2 Å². The van der Waals surface area contributed by atoms with Crippen LogP contribution in [0.5, 0.6) is 6.01 Å². The Morgan fingerprint density at radius 3 is 2.88 bits per heavy atom. The fraction of sp³-hybridized carbons (Fsp3) is 0.469. The molecule has 0 spiro atoms. The molecule has 0 amide bonds. The molecule has 0 unspecified atom stereocenters. The Balaban J connectivity index is 1.36. The van der Waals surface area contributed by atoms with Crippen molar-refractivity contribution in [3.63, 3.8) is 0 Å². The van der Waals surface area contributed by atoms with Crippen molar-refractivity contribution in [3.05, 3.63) is 53.7 Å². The molecule has 4 aromatic rings. The molecule has 220 valence electrons. The van der Waals surface area contributed by atoms with Crippen LogP contribution in [-0.4, -0.2) is 77.4 Å². The van der Waals surface area contributed by atoms with Crippen LogP contribution in [0.25, 0.3) is 32.9 Å². The minimum absolute atomic E-state index is 0.0631. The molecule has 42 heavy (non-hydrogen) atoms. The SMILES string of the molecule is CCc1c(F)ccc2cccc(-c3ncc4c(N(C)[C@@H]5CCNC5)nc(OC[C@@]56CCCN5C[C@H](F)C6)nc4c3F)c12. The van der Waals surface area contributed by atoms with Crippen LogP contribution in [0, 0.1) is 11.6 Å². The van der Waals surface area contributed by atoms with E-state index in [9.17, 15) is 8.78 Å². The summed E-state index contributed by atoms with van der Waals surface area (Å²) in [5.41, 5.74) is 0.851. The number of aryl methyl sites for hydroxylation is 1. The zero-order valence-electron chi connectivity index (χ0n) is 24.0. The number of benzene rings is 2. The van der Waals surface area contributed by atoms with Gasteiger partial charge in [-0.15, -0.1) is 0 Å². The second-order valence-electron chi connectivity index (χ2n) is 11.9. The predicted octanol–water partition coefficient (Wildman–Crippen LogP) is 5.44. The number of anilines is 1. The third-order valence-corrected chi connectivity index (χ3v) is 9.50.